The van der Waals surface area contributed by atoms with Crippen molar-refractivity contribution in [2.75, 3.05) is 18.0 Å². The number of carbonyl (C=O) groups excluding carboxylic acids is 2. The van der Waals surface area contributed by atoms with Gasteiger partial charge in [-0.05, 0) is 85.1 Å². The van der Waals surface area contributed by atoms with Crippen molar-refractivity contribution in [1.82, 2.24) is 19.0 Å². The minimum Gasteiger partial charge on any atom is -0.456 e. The lowest BCUT2D eigenvalue weighted by molar-refractivity contribution is 0.00709. The molecule has 0 radical (unpaired) electrons. The number of alkyl carbamates (subject to hydrolysis) is 1. The van der Waals surface area contributed by atoms with Crippen molar-refractivity contribution < 1.29 is 23.5 Å². The molecule has 1 N–H and O–H groups in total. The van der Waals surface area contributed by atoms with E-state index in [2.05, 4.69) is 11.4 Å². The van der Waals surface area contributed by atoms with Crippen LogP contribution >= 0.6 is 0 Å². The molecule has 242 valence electrons. The molecule has 0 aliphatic carbocycles. The summed E-state index contributed by atoms with van der Waals surface area (Å²) in [5.74, 6) is -1.10. The van der Waals surface area contributed by atoms with Crippen LogP contribution in [0.15, 0.2) is 27.8 Å². The second kappa shape index (κ2) is 11.7. The Morgan fingerprint density at radius 2 is 1.69 bits per heavy atom. The topological polar surface area (TPSA) is 141 Å². The number of halogens is 1. The highest BCUT2D eigenvalue weighted by Gasteiger charge is 2.39. The number of piperidine rings is 1. The summed E-state index contributed by atoms with van der Waals surface area (Å²) in [4.78, 5) is 55.8. The van der Waals surface area contributed by atoms with Gasteiger partial charge in [0.25, 0.3) is 5.56 Å². The first-order valence-electron chi connectivity index (χ1n) is 14.8. The highest BCUT2D eigenvalue weighted by molar-refractivity contribution is 6.08. The van der Waals surface area contributed by atoms with Gasteiger partial charge < -0.3 is 24.3 Å². The monoisotopic (exact) mass is 624 g/mol. The normalized spacial score (nSPS) is 17.2. The first kappa shape index (κ1) is 33.3. The zero-order valence-electron chi connectivity index (χ0n) is 27.3. The minimum absolute atomic E-state index is 0.0102. The summed E-state index contributed by atoms with van der Waals surface area (Å²) < 4.78 is 29.5. The number of ether oxygens (including phenoxy) is 2. The Morgan fingerprint density at radius 3 is 2.29 bits per heavy atom. The summed E-state index contributed by atoms with van der Waals surface area (Å²) in [6.45, 7) is 12.7. The van der Waals surface area contributed by atoms with E-state index in [0.717, 1.165) is 4.57 Å². The molecule has 3 heterocycles. The third-order valence-electron chi connectivity index (χ3n) is 7.54. The smallest absolute Gasteiger partial charge is 0.408 e. The molecule has 13 heteroatoms. The lowest BCUT2D eigenvalue weighted by atomic mass is 9.91. The Balaban J connectivity index is 2.04. The van der Waals surface area contributed by atoms with Crippen molar-refractivity contribution in [3.8, 4) is 6.07 Å². The maximum Gasteiger partial charge on any atom is 0.408 e. The van der Waals surface area contributed by atoms with E-state index in [-0.39, 0.29) is 46.6 Å². The number of nitrogens with zero attached hydrogens (tertiary/aromatic N) is 5. The SMILES string of the molecule is Cn1c(=O)c2c(c(C(=O)OC(C)(C)C)c(N3CCC[C@@](C)(NC(=O)OC(C)(C)C)C3)n2Cc2cc(F)ccc2C#N)n(C)c1=O. The van der Waals surface area contributed by atoms with Gasteiger partial charge in [0.15, 0.2) is 0 Å². The highest BCUT2D eigenvalue weighted by atomic mass is 19.1. The Morgan fingerprint density at radius 1 is 1.04 bits per heavy atom. The molecule has 12 nitrogen and oxygen atoms in total. The molecule has 0 unspecified atom stereocenters. The predicted octanol–water partition coefficient (Wildman–Crippen LogP) is 3.94. The van der Waals surface area contributed by atoms with Crippen LogP contribution in [0.3, 0.4) is 0 Å². The molecule has 45 heavy (non-hydrogen) atoms. The van der Waals surface area contributed by atoms with E-state index in [1.54, 1.807) is 46.1 Å². The molecule has 1 aliphatic heterocycles. The van der Waals surface area contributed by atoms with Crippen LogP contribution in [0.4, 0.5) is 15.0 Å². The largest absolute Gasteiger partial charge is 0.456 e. The average molecular weight is 625 g/mol. The summed E-state index contributed by atoms with van der Waals surface area (Å²) in [7, 11) is 2.79. The fraction of sp³-hybridized carbons (Fsp3) is 0.531. The molecule has 3 aromatic rings. The predicted molar refractivity (Wildman–Crippen MR) is 167 cm³/mol. The minimum atomic E-state index is -0.924. The van der Waals surface area contributed by atoms with Crippen LogP contribution < -0.4 is 21.5 Å². The van der Waals surface area contributed by atoms with Crippen LogP contribution in [0.5, 0.6) is 0 Å². The Bertz CT molecular complexity index is 1830. The van der Waals surface area contributed by atoms with Crippen molar-refractivity contribution in [1.29, 1.82) is 5.26 Å². The van der Waals surface area contributed by atoms with Gasteiger partial charge in [0.05, 0.1) is 29.2 Å². The summed E-state index contributed by atoms with van der Waals surface area (Å²) in [5.41, 5.74) is -3.30. The van der Waals surface area contributed by atoms with Crippen LogP contribution in [0, 0.1) is 17.1 Å². The highest BCUT2D eigenvalue weighted by Crippen LogP contribution is 2.37. The molecule has 0 bridgehead atoms. The van der Waals surface area contributed by atoms with Crippen molar-refractivity contribution in [3.63, 3.8) is 0 Å². The number of rotatable bonds is 5. The van der Waals surface area contributed by atoms with Gasteiger partial charge >= 0.3 is 17.8 Å². The molecule has 0 saturated carbocycles. The maximum atomic E-state index is 14.5. The van der Waals surface area contributed by atoms with E-state index in [9.17, 15) is 28.8 Å². The number of benzene rings is 1. The van der Waals surface area contributed by atoms with Gasteiger partial charge in [0.2, 0.25) is 0 Å². The quantitative estimate of drug-likeness (QED) is 0.421. The van der Waals surface area contributed by atoms with Crippen LogP contribution in [-0.2, 0) is 30.1 Å². The second-order valence-electron chi connectivity index (χ2n) is 13.8. The van der Waals surface area contributed by atoms with Crippen molar-refractivity contribution >= 4 is 28.9 Å². The van der Waals surface area contributed by atoms with Gasteiger partial charge in [-0.2, -0.15) is 5.26 Å². The van der Waals surface area contributed by atoms with E-state index in [4.69, 9.17) is 9.47 Å². The molecule has 1 aromatic carbocycles. The Labute approximate surface area is 260 Å². The van der Waals surface area contributed by atoms with E-state index < -0.39 is 45.9 Å². The van der Waals surface area contributed by atoms with Crippen molar-refractivity contribution in [2.24, 2.45) is 14.1 Å². The lowest BCUT2D eigenvalue weighted by Gasteiger charge is -2.42. The summed E-state index contributed by atoms with van der Waals surface area (Å²) in [6.07, 6.45) is 0.574. The number of aromatic nitrogens is 3. The number of anilines is 1. The summed E-state index contributed by atoms with van der Waals surface area (Å²) >= 11 is 0. The average Bonchev–Trinajstić information content (AvgIpc) is 3.23. The molecule has 1 amide bonds. The molecule has 1 saturated heterocycles. The van der Waals surface area contributed by atoms with E-state index in [1.807, 2.05) is 11.8 Å². The number of nitrogens with one attached hydrogen (secondary N) is 1. The van der Waals surface area contributed by atoms with E-state index in [0.29, 0.717) is 19.4 Å². The zero-order chi connectivity index (χ0) is 33.6. The van der Waals surface area contributed by atoms with Gasteiger partial charge in [0.1, 0.15) is 33.9 Å². The van der Waals surface area contributed by atoms with Gasteiger partial charge in [-0.15, -0.1) is 0 Å². The number of hydrogen-bond acceptors (Lipinski definition) is 8. The zero-order valence-corrected chi connectivity index (χ0v) is 27.3. The van der Waals surface area contributed by atoms with Crippen LogP contribution in [0.25, 0.3) is 11.0 Å². The van der Waals surface area contributed by atoms with Gasteiger partial charge in [-0.3, -0.25) is 13.9 Å². The molecule has 4 rings (SSSR count). The third kappa shape index (κ3) is 6.90. The molecular weight excluding hydrogens is 583 g/mol. The fourth-order valence-electron chi connectivity index (χ4n) is 5.75. The van der Waals surface area contributed by atoms with E-state index in [1.165, 1.54) is 36.9 Å². The number of amides is 1. The molecular formula is C32H41FN6O6. The van der Waals surface area contributed by atoms with Gasteiger partial charge in [0, 0.05) is 27.2 Å². The fourth-order valence-corrected chi connectivity index (χ4v) is 5.75. The van der Waals surface area contributed by atoms with Gasteiger partial charge in [-0.25, -0.2) is 18.8 Å². The van der Waals surface area contributed by atoms with Crippen molar-refractivity contribution in [3.05, 3.63) is 61.5 Å². The number of aryl methyl sites for hydroxylation is 1. The second-order valence-corrected chi connectivity index (χ2v) is 13.8. The number of carbonyl (C=O) groups is 2. The van der Waals surface area contributed by atoms with E-state index >= 15 is 0 Å². The van der Waals surface area contributed by atoms with Crippen molar-refractivity contribution in [2.45, 2.75) is 84.6 Å². The summed E-state index contributed by atoms with van der Waals surface area (Å²) in [6, 6.07) is 5.79. The van der Waals surface area contributed by atoms with Crippen LogP contribution in [0.1, 0.15) is 82.8 Å². The lowest BCUT2D eigenvalue weighted by Crippen LogP contribution is -2.58. The van der Waals surface area contributed by atoms with Crippen LogP contribution in [-0.4, -0.2) is 55.6 Å². The number of esters is 1. The van der Waals surface area contributed by atoms with Gasteiger partial charge in [-0.1, -0.05) is 0 Å². The Kier molecular flexibility index (Phi) is 8.67. The molecule has 0 spiro atoms. The molecule has 2 aromatic heterocycles. The molecule has 1 aliphatic rings. The first-order chi connectivity index (χ1) is 20.7. The number of nitriles is 1. The summed E-state index contributed by atoms with van der Waals surface area (Å²) in [5, 5.41) is 12.8. The molecule has 1 atom stereocenters. The van der Waals surface area contributed by atoms with Crippen LogP contribution in [0.2, 0.25) is 0 Å². The standard InChI is InChI=1S/C32H41FN6O6/c1-30(2,3)44-27(41)22-23-24(26(40)37(9)29(43)36(23)8)39(17-20-15-21(33)12-11-19(20)16-34)25(22)38-14-10-13-32(7,18-38)35-28(42)45-31(4,5)6/h11-12,15H,10,13-14,17-18H2,1-9H3,(H,35,42)/t32-/m1/s1. The molecule has 1 fully saturated rings. The third-order valence-corrected chi connectivity index (χ3v) is 7.54. The Hall–Kier alpha value is -4.60. The number of fused-ring (bicyclic) bond motifs is 1. The maximum absolute atomic E-state index is 14.5. The number of hydrogen-bond donors (Lipinski definition) is 1. The first-order valence-corrected chi connectivity index (χ1v) is 14.8.